The molecule has 5 heteroatoms. The Morgan fingerprint density at radius 2 is 2.16 bits per heavy atom. The number of anilines is 1. The normalized spacial score (nSPS) is 18.6. The first-order chi connectivity index (χ1) is 9.19. The van der Waals surface area contributed by atoms with Crippen LogP contribution in [0.15, 0.2) is 0 Å². The Bertz CT molecular complexity index is 478. The van der Waals surface area contributed by atoms with E-state index in [9.17, 15) is 9.90 Å². The summed E-state index contributed by atoms with van der Waals surface area (Å²) in [6, 6.07) is 0.614. The molecule has 1 aromatic heterocycles. The van der Waals surface area contributed by atoms with Crippen LogP contribution in [0.3, 0.4) is 0 Å². The van der Waals surface area contributed by atoms with Crippen molar-refractivity contribution in [1.29, 1.82) is 0 Å². The SMILES string of the molecule is CCCc1nc(N(CC2CC2)C2CC2)sc1C(=O)O. The molecule has 3 rings (SSSR count). The summed E-state index contributed by atoms with van der Waals surface area (Å²) in [6.45, 7) is 3.14. The van der Waals surface area contributed by atoms with Crippen LogP contribution in [0.2, 0.25) is 0 Å². The first-order valence-corrected chi connectivity index (χ1v) is 8.00. The molecule has 1 aromatic rings. The third-order valence-electron chi connectivity index (χ3n) is 3.75. The van der Waals surface area contributed by atoms with Gasteiger partial charge < -0.3 is 10.0 Å². The minimum absolute atomic E-state index is 0.443. The van der Waals surface area contributed by atoms with Gasteiger partial charge in [0.05, 0.1) is 5.69 Å². The zero-order chi connectivity index (χ0) is 13.4. The lowest BCUT2D eigenvalue weighted by Gasteiger charge is -2.21. The molecular formula is C14H20N2O2S. The van der Waals surface area contributed by atoms with Gasteiger partial charge in [0.1, 0.15) is 4.88 Å². The van der Waals surface area contributed by atoms with Gasteiger partial charge in [-0.2, -0.15) is 0 Å². The van der Waals surface area contributed by atoms with Crippen molar-refractivity contribution in [2.24, 2.45) is 5.92 Å². The van der Waals surface area contributed by atoms with E-state index in [1.807, 2.05) is 0 Å². The van der Waals surface area contributed by atoms with Gasteiger partial charge in [-0.3, -0.25) is 0 Å². The van der Waals surface area contributed by atoms with E-state index in [-0.39, 0.29) is 0 Å². The molecule has 0 atom stereocenters. The monoisotopic (exact) mass is 280 g/mol. The second kappa shape index (κ2) is 5.12. The molecule has 2 aliphatic carbocycles. The van der Waals surface area contributed by atoms with Gasteiger partial charge >= 0.3 is 5.97 Å². The Balaban J connectivity index is 1.84. The molecule has 1 N–H and O–H groups in total. The van der Waals surface area contributed by atoms with E-state index in [1.165, 1.54) is 37.0 Å². The number of carboxylic acid groups (broad SMARTS) is 1. The van der Waals surface area contributed by atoms with Crippen LogP contribution in [-0.4, -0.2) is 28.6 Å². The number of carbonyl (C=O) groups is 1. The Labute approximate surface area is 117 Å². The molecule has 0 amide bonds. The molecular weight excluding hydrogens is 260 g/mol. The van der Waals surface area contributed by atoms with E-state index in [0.717, 1.165) is 36.1 Å². The van der Waals surface area contributed by atoms with Gasteiger partial charge in [-0.05, 0) is 38.0 Å². The van der Waals surface area contributed by atoms with Crippen LogP contribution in [0.1, 0.15) is 54.4 Å². The summed E-state index contributed by atoms with van der Waals surface area (Å²) in [6.07, 6.45) is 6.82. The van der Waals surface area contributed by atoms with Crippen LogP contribution < -0.4 is 4.90 Å². The van der Waals surface area contributed by atoms with Gasteiger partial charge in [0.15, 0.2) is 5.13 Å². The maximum Gasteiger partial charge on any atom is 0.347 e. The molecule has 19 heavy (non-hydrogen) atoms. The van der Waals surface area contributed by atoms with Gasteiger partial charge in [0, 0.05) is 12.6 Å². The number of nitrogens with zero attached hydrogens (tertiary/aromatic N) is 2. The molecule has 1 heterocycles. The highest BCUT2D eigenvalue weighted by molar-refractivity contribution is 7.17. The van der Waals surface area contributed by atoms with E-state index in [4.69, 9.17) is 0 Å². The number of hydrogen-bond donors (Lipinski definition) is 1. The summed E-state index contributed by atoms with van der Waals surface area (Å²) < 4.78 is 0. The van der Waals surface area contributed by atoms with E-state index in [2.05, 4.69) is 16.8 Å². The number of carboxylic acids is 1. The number of aromatic nitrogens is 1. The number of hydrogen-bond acceptors (Lipinski definition) is 4. The largest absolute Gasteiger partial charge is 0.477 e. The van der Waals surface area contributed by atoms with Crippen molar-refractivity contribution in [3.63, 3.8) is 0 Å². The highest BCUT2D eigenvalue weighted by Crippen LogP contribution is 2.39. The van der Waals surface area contributed by atoms with Gasteiger partial charge in [-0.1, -0.05) is 24.7 Å². The summed E-state index contributed by atoms with van der Waals surface area (Å²) in [5, 5.41) is 10.2. The number of aromatic carboxylic acids is 1. The zero-order valence-corrected chi connectivity index (χ0v) is 12.1. The van der Waals surface area contributed by atoms with Crippen molar-refractivity contribution in [1.82, 2.24) is 4.98 Å². The van der Waals surface area contributed by atoms with Crippen LogP contribution in [0.25, 0.3) is 0 Å². The summed E-state index contributed by atoms with van der Waals surface area (Å²) in [4.78, 5) is 18.7. The Kier molecular flexibility index (Phi) is 3.48. The average molecular weight is 280 g/mol. The van der Waals surface area contributed by atoms with Crippen LogP contribution in [0, 0.1) is 5.92 Å². The lowest BCUT2D eigenvalue weighted by Crippen LogP contribution is -2.27. The quantitative estimate of drug-likeness (QED) is 0.833. The third-order valence-corrected chi connectivity index (χ3v) is 4.88. The predicted molar refractivity (Wildman–Crippen MR) is 76.2 cm³/mol. The number of aryl methyl sites for hydroxylation is 1. The molecule has 2 fully saturated rings. The summed E-state index contributed by atoms with van der Waals surface area (Å²) >= 11 is 1.37. The van der Waals surface area contributed by atoms with Gasteiger partial charge in [0.25, 0.3) is 0 Å². The molecule has 104 valence electrons. The zero-order valence-electron chi connectivity index (χ0n) is 11.3. The van der Waals surface area contributed by atoms with Crippen molar-refractivity contribution >= 4 is 22.4 Å². The summed E-state index contributed by atoms with van der Waals surface area (Å²) in [7, 11) is 0. The van der Waals surface area contributed by atoms with Crippen molar-refractivity contribution < 1.29 is 9.90 Å². The van der Waals surface area contributed by atoms with E-state index >= 15 is 0 Å². The average Bonchev–Trinajstić information content (AvgIpc) is 3.26. The molecule has 0 spiro atoms. The minimum atomic E-state index is -0.825. The smallest absolute Gasteiger partial charge is 0.347 e. The van der Waals surface area contributed by atoms with E-state index < -0.39 is 5.97 Å². The molecule has 0 bridgehead atoms. The molecule has 2 aliphatic rings. The molecule has 0 saturated heterocycles. The Morgan fingerprint density at radius 3 is 2.68 bits per heavy atom. The van der Waals surface area contributed by atoms with Gasteiger partial charge in [-0.15, -0.1) is 0 Å². The van der Waals surface area contributed by atoms with Crippen LogP contribution in [0.5, 0.6) is 0 Å². The van der Waals surface area contributed by atoms with E-state index in [0.29, 0.717) is 10.9 Å². The second-order valence-corrected chi connectivity index (χ2v) is 6.63. The molecule has 0 aromatic carbocycles. The summed E-state index contributed by atoms with van der Waals surface area (Å²) in [5.74, 6) is -0.0122. The molecule has 4 nitrogen and oxygen atoms in total. The first-order valence-electron chi connectivity index (χ1n) is 7.18. The summed E-state index contributed by atoms with van der Waals surface area (Å²) in [5.41, 5.74) is 0.774. The molecule has 0 aliphatic heterocycles. The third kappa shape index (κ3) is 2.91. The lowest BCUT2D eigenvalue weighted by atomic mass is 10.2. The molecule has 0 unspecified atom stereocenters. The van der Waals surface area contributed by atoms with Gasteiger partial charge in [-0.25, -0.2) is 9.78 Å². The number of thiazole rings is 1. The molecule has 0 radical (unpaired) electrons. The number of rotatable bonds is 7. The fraction of sp³-hybridized carbons (Fsp3) is 0.714. The van der Waals surface area contributed by atoms with Crippen LogP contribution in [0.4, 0.5) is 5.13 Å². The maximum absolute atomic E-state index is 11.3. The predicted octanol–water partition coefficient (Wildman–Crippen LogP) is 3.17. The van der Waals surface area contributed by atoms with Gasteiger partial charge in [0.2, 0.25) is 0 Å². The first kappa shape index (κ1) is 12.9. The highest BCUT2D eigenvalue weighted by Gasteiger charge is 2.36. The fourth-order valence-electron chi connectivity index (χ4n) is 2.38. The maximum atomic E-state index is 11.3. The second-order valence-electron chi connectivity index (χ2n) is 5.65. The minimum Gasteiger partial charge on any atom is -0.477 e. The van der Waals surface area contributed by atoms with Crippen molar-refractivity contribution in [2.45, 2.75) is 51.5 Å². The Hall–Kier alpha value is -1.10. The van der Waals surface area contributed by atoms with Crippen molar-refractivity contribution in [3.05, 3.63) is 10.6 Å². The lowest BCUT2D eigenvalue weighted by molar-refractivity contribution is 0.0700. The van der Waals surface area contributed by atoms with Crippen LogP contribution >= 0.6 is 11.3 Å². The highest BCUT2D eigenvalue weighted by atomic mass is 32.1. The topological polar surface area (TPSA) is 53.4 Å². The van der Waals surface area contributed by atoms with E-state index in [1.54, 1.807) is 0 Å². The standard InChI is InChI=1S/C14H20N2O2S/c1-2-3-11-12(13(17)18)19-14(15-11)16(10-6-7-10)8-9-4-5-9/h9-10H,2-8H2,1H3,(H,17,18). The molecule has 2 saturated carbocycles. The van der Waals surface area contributed by atoms with Crippen molar-refractivity contribution in [2.75, 3.05) is 11.4 Å². The fourth-order valence-corrected chi connectivity index (χ4v) is 3.42. The Morgan fingerprint density at radius 1 is 1.42 bits per heavy atom. The van der Waals surface area contributed by atoms with Crippen molar-refractivity contribution in [3.8, 4) is 0 Å². The van der Waals surface area contributed by atoms with Crippen LogP contribution in [-0.2, 0) is 6.42 Å².